The standard InChI is InChI=1S/C14H19NO3/c1-9-6-12(4-5-13(9)16)14(17)15-7-10(2)18-11(3)8-15/h4-6,10-11,16H,7-8H2,1-3H3/t10-,11+. The summed E-state index contributed by atoms with van der Waals surface area (Å²) < 4.78 is 5.61. The molecule has 4 nitrogen and oxygen atoms in total. The van der Waals surface area contributed by atoms with Crippen LogP contribution in [0.4, 0.5) is 0 Å². The van der Waals surface area contributed by atoms with Gasteiger partial charge in [-0.2, -0.15) is 0 Å². The minimum Gasteiger partial charge on any atom is -0.508 e. The molecule has 1 saturated heterocycles. The van der Waals surface area contributed by atoms with Gasteiger partial charge in [0.05, 0.1) is 12.2 Å². The second kappa shape index (κ2) is 4.98. The molecule has 0 spiro atoms. The normalized spacial score (nSPS) is 24.1. The molecule has 1 aromatic rings. The molecule has 4 heteroatoms. The van der Waals surface area contributed by atoms with E-state index in [4.69, 9.17) is 4.74 Å². The zero-order chi connectivity index (χ0) is 13.3. The van der Waals surface area contributed by atoms with Gasteiger partial charge in [0.25, 0.3) is 5.91 Å². The molecule has 0 radical (unpaired) electrons. The smallest absolute Gasteiger partial charge is 0.254 e. The lowest BCUT2D eigenvalue weighted by molar-refractivity contribution is -0.0586. The first-order valence-electron chi connectivity index (χ1n) is 6.21. The summed E-state index contributed by atoms with van der Waals surface area (Å²) in [5.74, 6) is 0.218. The van der Waals surface area contributed by atoms with Gasteiger partial charge in [-0.25, -0.2) is 0 Å². The third-order valence-electron chi connectivity index (χ3n) is 3.15. The second-order valence-corrected chi connectivity index (χ2v) is 4.97. The monoisotopic (exact) mass is 249 g/mol. The lowest BCUT2D eigenvalue weighted by Crippen LogP contribution is -2.48. The van der Waals surface area contributed by atoms with Crippen LogP contribution in [0.25, 0.3) is 0 Å². The number of benzene rings is 1. The van der Waals surface area contributed by atoms with Crippen LogP contribution < -0.4 is 0 Å². The molecule has 0 aromatic heterocycles. The van der Waals surface area contributed by atoms with Crippen LogP contribution in [-0.4, -0.2) is 41.2 Å². The molecule has 1 heterocycles. The molecule has 18 heavy (non-hydrogen) atoms. The minimum atomic E-state index is 0.0000926. The number of aryl methyl sites for hydroxylation is 1. The minimum absolute atomic E-state index is 0.0000926. The van der Waals surface area contributed by atoms with Gasteiger partial charge in [-0.05, 0) is 44.5 Å². The van der Waals surface area contributed by atoms with Crippen molar-refractivity contribution in [3.05, 3.63) is 29.3 Å². The fourth-order valence-corrected chi connectivity index (χ4v) is 2.31. The zero-order valence-corrected chi connectivity index (χ0v) is 11.0. The number of carbonyl (C=O) groups is 1. The van der Waals surface area contributed by atoms with Gasteiger partial charge in [0.15, 0.2) is 0 Å². The Balaban J connectivity index is 2.17. The number of hydrogen-bond acceptors (Lipinski definition) is 3. The summed E-state index contributed by atoms with van der Waals surface area (Å²) in [7, 11) is 0. The highest BCUT2D eigenvalue weighted by Crippen LogP contribution is 2.20. The molecule has 98 valence electrons. The van der Waals surface area contributed by atoms with Gasteiger partial charge >= 0.3 is 0 Å². The first-order chi connectivity index (χ1) is 8.47. The quantitative estimate of drug-likeness (QED) is 0.827. The van der Waals surface area contributed by atoms with E-state index in [2.05, 4.69) is 0 Å². The van der Waals surface area contributed by atoms with E-state index < -0.39 is 0 Å². The number of morpholine rings is 1. The average molecular weight is 249 g/mol. The van der Waals surface area contributed by atoms with Crippen molar-refractivity contribution in [2.24, 2.45) is 0 Å². The number of hydrogen-bond donors (Lipinski definition) is 1. The number of phenolic OH excluding ortho intramolecular Hbond substituents is 1. The van der Waals surface area contributed by atoms with Gasteiger partial charge in [-0.3, -0.25) is 4.79 Å². The second-order valence-electron chi connectivity index (χ2n) is 4.97. The van der Waals surface area contributed by atoms with Crippen molar-refractivity contribution in [3.8, 4) is 5.75 Å². The van der Waals surface area contributed by atoms with Gasteiger partial charge < -0.3 is 14.7 Å². The van der Waals surface area contributed by atoms with E-state index in [1.807, 2.05) is 18.7 Å². The number of phenols is 1. The Morgan fingerprint density at radius 1 is 1.33 bits per heavy atom. The number of amides is 1. The molecule has 1 aliphatic heterocycles. The first-order valence-corrected chi connectivity index (χ1v) is 6.21. The van der Waals surface area contributed by atoms with Gasteiger partial charge in [-0.1, -0.05) is 0 Å². The van der Waals surface area contributed by atoms with Crippen molar-refractivity contribution in [1.29, 1.82) is 0 Å². The molecule has 0 unspecified atom stereocenters. The maximum absolute atomic E-state index is 12.3. The predicted molar refractivity (Wildman–Crippen MR) is 68.8 cm³/mol. The number of ether oxygens (including phenoxy) is 1. The van der Waals surface area contributed by atoms with Crippen LogP contribution in [0.3, 0.4) is 0 Å². The maximum Gasteiger partial charge on any atom is 0.254 e. The lowest BCUT2D eigenvalue weighted by Gasteiger charge is -2.35. The molecule has 0 aliphatic carbocycles. The van der Waals surface area contributed by atoms with Crippen LogP contribution in [0.15, 0.2) is 18.2 Å². The molecular weight excluding hydrogens is 230 g/mol. The largest absolute Gasteiger partial charge is 0.508 e. The number of nitrogens with zero attached hydrogens (tertiary/aromatic N) is 1. The van der Waals surface area contributed by atoms with Crippen LogP contribution in [-0.2, 0) is 4.74 Å². The summed E-state index contributed by atoms with van der Waals surface area (Å²) in [4.78, 5) is 14.2. The van der Waals surface area contributed by atoms with Crippen molar-refractivity contribution in [3.63, 3.8) is 0 Å². The van der Waals surface area contributed by atoms with E-state index in [9.17, 15) is 9.90 Å². The van der Waals surface area contributed by atoms with Gasteiger partial charge in [-0.15, -0.1) is 0 Å². The Bertz CT molecular complexity index is 448. The SMILES string of the molecule is Cc1cc(C(=O)N2C[C@@H](C)O[C@@H](C)C2)ccc1O. The lowest BCUT2D eigenvalue weighted by atomic mass is 10.1. The Hall–Kier alpha value is -1.55. The van der Waals surface area contributed by atoms with Crippen LogP contribution in [0.2, 0.25) is 0 Å². The topological polar surface area (TPSA) is 49.8 Å². The summed E-state index contributed by atoms with van der Waals surface area (Å²) in [5, 5.41) is 9.48. The van der Waals surface area contributed by atoms with Crippen LogP contribution in [0.1, 0.15) is 29.8 Å². The molecule has 0 bridgehead atoms. The summed E-state index contributed by atoms with van der Waals surface area (Å²) >= 11 is 0. The van der Waals surface area contributed by atoms with Crippen LogP contribution in [0.5, 0.6) is 5.75 Å². The zero-order valence-electron chi connectivity index (χ0n) is 11.0. The summed E-state index contributed by atoms with van der Waals surface area (Å²) in [6.45, 7) is 6.96. The number of aromatic hydroxyl groups is 1. The average Bonchev–Trinajstić information content (AvgIpc) is 2.30. The Kier molecular flexibility index (Phi) is 3.57. The molecule has 2 atom stereocenters. The molecule has 1 aromatic carbocycles. The summed E-state index contributed by atoms with van der Waals surface area (Å²) in [5.41, 5.74) is 1.34. The Morgan fingerprint density at radius 2 is 1.94 bits per heavy atom. The van der Waals surface area contributed by atoms with E-state index in [0.717, 1.165) is 5.56 Å². The van der Waals surface area contributed by atoms with Crippen molar-refractivity contribution in [2.45, 2.75) is 33.0 Å². The van der Waals surface area contributed by atoms with Crippen LogP contribution >= 0.6 is 0 Å². The summed E-state index contributed by atoms with van der Waals surface area (Å²) in [6, 6.07) is 4.95. The fourth-order valence-electron chi connectivity index (χ4n) is 2.31. The van der Waals surface area contributed by atoms with E-state index in [1.54, 1.807) is 25.1 Å². The number of rotatable bonds is 1. The van der Waals surface area contributed by atoms with Gasteiger partial charge in [0.1, 0.15) is 5.75 Å². The third-order valence-corrected chi connectivity index (χ3v) is 3.15. The highest BCUT2D eigenvalue weighted by molar-refractivity contribution is 5.94. The highest BCUT2D eigenvalue weighted by Gasteiger charge is 2.26. The van der Waals surface area contributed by atoms with E-state index >= 15 is 0 Å². The van der Waals surface area contributed by atoms with Gasteiger partial charge in [0.2, 0.25) is 0 Å². The number of carbonyl (C=O) groups excluding carboxylic acids is 1. The first kappa shape index (κ1) is 12.9. The van der Waals surface area contributed by atoms with E-state index in [0.29, 0.717) is 18.7 Å². The van der Waals surface area contributed by atoms with Crippen molar-refractivity contribution < 1.29 is 14.6 Å². The maximum atomic E-state index is 12.3. The Morgan fingerprint density at radius 3 is 2.50 bits per heavy atom. The molecule has 1 fully saturated rings. The van der Waals surface area contributed by atoms with Gasteiger partial charge in [0, 0.05) is 18.7 Å². The molecule has 1 amide bonds. The van der Waals surface area contributed by atoms with E-state index in [-0.39, 0.29) is 23.9 Å². The molecule has 1 aliphatic rings. The molecule has 2 rings (SSSR count). The predicted octanol–water partition coefficient (Wildman–Crippen LogP) is 1.95. The van der Waals surface area contributed by atoms with Crippen molar-refractivity contribution in [2.75, 3.05) is 13.1 Å². The molecule has 0 saturated carbocycles. The third kappa shape index (κ3) is 2.64. The van der Waals surface area contributed by atoms with E-state index in [1.165, 1.54) is 0 Å². The van der Waals surface area contributed by atoms with Crippen molar-refractivity contribution in [1.82, 2.24) is 4.90 Å². The van der Waals surface area contributed by atoms with Crippen LogP contribution in [0, 0.1) is 6.92 Å². The molecule has 1 N–H and O–H groups in total. The highest BCUT2D eigenvalue weighted by atomic mass is 16.5. The fraction of sp³-hybridized carbons (Fsp3) is 0.500. The summed E-state index contributed by atoms with van der Waals surface area (Å²) in [6.07, 6.45) is 0.131. The Labute approximate surface area is 107 Å². The molecular formula is C14H19NO3. The van der Waals surface area contributed by atoms with Crippen molar-refractivity contribution >= 4 is 5.91 Å².